The second-order valence-electron chi connectivity index (χ2n) is 6.70. The van der Waals surface area contributed by atoms with Crippen LogP contribution in [-0.4, -0.2) is 41.7 Å². The molecular formula is C19H21N3O6. The van der Waals surface area contributed by atoms with Crippen molar-refractivity contribution in [1.82, 2.24) is 4.98 Å². The van der Waals surface area contributed by atoms with Crippen LogP contribution < -0.4 is 19.1 Å². The molecule has 1 aliphatic heterocycles. The highest BCUT2D eigenvalue weighted by Crippen LogP contribution is 2.37. The van der Waals surface area contributed by atoms with Crippen LogP contribution in [0.1, 0.15) is 20.3 Å². The second kappa shape index (κ2) is 7.71. The Kier molecular flexibility index (Phi) is 5.34. The predicted octanol–water partition coefficient (Wildman–Crippen LogP) is 2.97. The highest BCUT2D eigenvalue weighted by molar-refractivity contribution is 6.01. The number of methoxy groups -OCH3 is 1. The number of amides is 1. The van der Waals surface area contributed by atoms with Crippen molar-refractivity contribution in [3.05, 3.63) is 46.5 Å². The summed E-state index contributed by atoms with van der Waals surface area (Å²) in [5.41, 5.74) is -1.08. The maximum absolute atomic E-state index is 12.8. The molecule has 0 fully saturated rings. The van der Waals surface area contributed by atoms with Crippen molar-refractivity contribution < 1.29 is 23.9 Å². The van der Waals surface area contributed by atoms with E-state index in [0.29, 0.717) is 31.1 Å². The van der Waals surface area contributed by atoms with E-state index in [-0.39, 0.29) is 17.5 Å². The minimum absolute atomic E-state index is 0.156. The van der Waals surface area contributed by atoms with Gasteiger partial charge in [-0.1, -0.05) is 0 Å². The lowest BCUT2D eigenvalue weighted by atomic mass is 10.1. The summed E-state index contributed by atoms with van der Waals surface area (Å²) in [6.07, 6.45) is 0.512. The number of benzene rings is 1. The maximum atomic E-state index is 12.8. The SMILES string of the molecule is COc1ccc(OCCCN2C(=O)C(C)(C)Oc3ccc([N+](=O)[O-])nc32)cc1. The molecule has 0 bridgehead atoms. The summed E-state index contributed by atoms with van der Waals surface area (Å²) < 4.78 is 16.5. The molecule has 9 nitrogen and oxygen atoms in total. The fourth-order valence-electron chi connectivity index (χ4n) is 2.83. The van der Waals surface area contributed by atoms with Gasteiger partial charge in [-0.15, -0.1) is 0 Å². The lowest BCUT2D eigenvalue weighted by Gasteiger charge is -2.35. The molecule has 0 unspecified atom stereocenters. The smallest absolute Gasteiger partial charge is 0.366 e. The molecule has 148 valence electrons. The molecule has 0 spiro atoms. The van der Waals surface area contributed by atoms with Crippen LogP contribution in [0.25, 0.3) is 0 Å². The Hall–Kier alpha value is -3.36. The molecule has 0 N–H and O–H groups in total. The number of ether oxygens (including phenoxy) is 3. The van der Waals surface area contributed by atoms with Gasteiger partial charge in [0.1, 0.15) is 11.5 Å². The van der Waals surface area contributed by atoms with Gasteiger partial charge in [-0.2, -0.15) is 0 Å². The van der Waals surface area contributed by atoms with Crippen molar-refractivity contribution in [3.63, 3.8) is 0 Å². The zero-order valence-electron chi connectivity index (χ0n) is 15.9. The fourth-order valence-corrected chi connectivity index (χ4v) is 2.83. The Labute approximate surface area is 162 Å². The van der Waals surface area contributed by atoms with Crippen LogP contribution in [0.5, 0.6) is 17.2 Å². The number of anilines is 1. The van der Waals surface area contributed by atoms with Gasteiger partial charge in [-0.05, 0) is 60.5 Å². The largest absolute Gasteiger partial charge is 0.497 e. The molecule has 1 aliphatic rings. The molecule has 0 radical (unpaired) electrons. The van der Waals surface area contributed by atoms with E-state index in [0.717, 1.165) is 5.75 Å². The second-order valence-corrected chi connectivity index (χ2v) is 6.70. The molecule has 1 amide bonds. The zero-order valence-corrected chi connectivity index (χ0v) is 15.9. The molecule has 2 aromatic rings. The molecule has 9 heteroatoms. The number of aromatic nitrogens is 1. The first-order valence-corrected chi connectivity index (χ1v) is 8.75. The number of carbonyl (C=O) groups is 1. The van der Waals surface area contributed by atoms with E-state index in [1.807, 2.05) is 0 Å². The van der Waals surface area contributed by atoms with E-state index in [1.54, 1.807) is 45.2 Å². The number of carbonyl (C=O) groups excluding carboxylic acids is 1. The van der Waals surface area contributed by atoms with Crippen LogP contribution in [0, 0.1) is 10.1 Å². The van der Waals surface area contributed by atoms with E-state index in [9.17, 15) is 14.9 Å². The Balaban J connectivity index is 1.70. The molecular weight excluding hydrogens is 366 g/mol. The Morgan fingerprint density at radius 2 is 1.86 bits per heavy atom. The van der Waals surface area contributed by atoms with E-state index < -0.39 is 10.5 Å². The van der Waals surface area contributed by atoms with Gasteiger partial charge in [0.25, 0.3) is 11.7 Å². The summed E-state index contributed by atoms with van der Waals surface area (Å²) in [5, 5.41) is 11.0. The van der Waals surface area contributed by atoms with Crippen LogP contribution in [-0.2, 0) is 4.79 Å². The van der Waals surface area contributed by atoms with Crippen LogP contribution in [0.2, 0.25) is 0 Å². The van der Waals surface area contributed by atoms with E-state index in [4.69, 9.17) is 14.2 Å². The summed E-state index contributed by atoms with van der Waals surface area (Å²) in [4.78, 5) is 28.6. The monoisotopic (exact) mass is 387 g/mol. The summed E-state index contributed by atoms with van der Waals surface area (Å²) >= 11 is 0. The number of hydrogen-bond acceptors (Lipinski definition) is 7. The average molecular weight is 387 g/mol. The van der Waals surface area contributed by atoms with Crippen molar-refractivity contribution in [2.45, 2.75) is 25.9 Å². The van der Waals surface area contributed by atoms with Gasteiger partial charge in [0.15, 0.2) is 11.4 Å². The van der Waals surface area contributed by atoms with Gasteiger partial charge in [-0.3, -0.25) is 9.69 Å². The first-order valence-electron chi connectivity index (χ1n) is 8.75. The highest BCUT2D eigenvalue weighted by atomic mass is 16.6. The molecule has 2 heterocycles. The van der Waals surface area contributed by atoms with Gasteiger partial charge in [-0.25, -0.2) is 0 Å². The minimum atomic E-state index is -1.08. The van der Waals surface area contributed by atoms with Crippen molar-refractivity contribution in [2.75, 3.05) is 25.2 Å². The van der Waals surface area contributed by atoms with Crippen molar-refractivity contribution in [1.29, 1.82) is 0 Å². The molecule has 3 rings (SSSR count). The number of fused-ring (bicyclic) bond motifs is 1. The van der Waals surface area contributed by atoms with E-state index in [1.165, 1.54) is 17.0 Å². The first-order chi connectivity index (χ1) is 13.3. The van der Waals surface area contributed by atoms with Crippen LogP contribution in [0.15, 0.2) is 36.4 Å². The number of nitro groups is 1. The van der Waals surface area contributed by atoms with Crippen LogP contribution in [0.3, 0.4) is 0 Å². The normalized spacial score (nSPS) is 14.8. The quantitative estimate of drug-likeness (QED) is 0.409. The molecule has 1 aromatic heterocycles. The summed E-state index contributed by atoms with van der Waals surface area (Å²) in [6.45, 7) is 3.96. The van der Waals surface area contributed by atoms with Crippen LogP contribution >= 0.6 is 0 Å². The third-order valence-electron chi connectivity index (χ3n) is 4.25. The van der Waals surface area contributed by atoms with Gasteiger partial charge >= 0.3 is 5.82 Å². The molecule has 1 aromatic carbocycles. The summed E-state index contributed by atoms with van der Waals surface area (Å²) in [6, 6.07) is 9.90. The van der Waals surface area contributed by atoms with E-state index in [2.05, 4.69) is 4.98 Å². The predicted molar refractivity (Wildman–Crippen MR) is 101 cm³/mol. The zero-order chi connectivity index (χ0) is 20.3. The number of pyridine rings is 1. The number of hydrogen-bond donors (Lipinski definition) is 0. The molecule has 0 atom stereocenters. The third kappa shape index (κ3) is 3.98. The lowest BCUT2D eigenvalue weighted by Crippen LogP contribution is -2.53. The molecule has 0 saturated carbocycles. The van der Waals surface area contributed by atoms with Gasteiger partial charge in [0.2, 0.25) is 0 Å². The Bertz CT molecular complexity index is 882. The third-order valence-corrected chi connectivity index (χ3v) is 4.25. The number of rotatable bonds is 7. The van der Waals surface area contributed by atoms with Gasteiger partial charge in [0.05, 0.1) is 13.7 Å². The lowest BCUT2D eigenvalue weighted by molar-refractivity contribution is -0.389. The standard InChI is InChI=1S/C19H21N3O6/c1-19(2)18(23)21(17-15(28-19)9-10-16(20-17)22(24)25)11-4-12-27-14-7-5-13(26-3)6-8-14/h5-10H,4,11-12H2,1-3H3. The van der Waals surface area contributed by atoms with Crippen molar-refractivity contribution >= 4 is 17.5 Å². The molecule has 28 heavy (non-hydrogen) atoms. The minimum Gasteiger partial charge on any atom is -0.497 e. The fraction of sp³-hybridized carbons (Fsp3) is 0.368. The summed E-state index contributed by atoms with van der Waals surface area (Å²) in [5.74, 6) is 1.27. The van der Waals surface area contributed by atoms with Gasteiger partial charge < -0.3 is 24.3 Å². The maximum Gasteiger partial charge on any atom is 0.366 e. The molecule has 0 saturated heterocycles. The first kappa shape index (κ1) is 19.4. The van der Waals surface area contributed by atoms with Crippen molar-refractivity contribution in [3.8, 4) is 17.2 Å². The summed E-state index contributed by atoms with van der Waals surface area (Å²) in [7, 11) is 1.59. The van der Waals surface area contributed by atoms with Crippen molar-refractivity contribution in [2.24, 2.45) is 0 Å². The Morgan fingerprint density at radius 3 is 2.50 bits per heavy atom. The highest BCUT2D eigenvalue weighted by Gasteiger charge is 2.44. The Morgan fingerprint density at radius 1 is 1.18 bits per heavy atom. The number of nitrogens with zero attached hydrogens (tertiary/aromatic N) is 3. The molecule has 0 aliphatic carbocycles. The average Bonchev–Trinajstić information content (AvgIpc) is 2.67. The topological polar surface area (TPSA) is 104 Å². The van der Waals surface area contributed by atoms with E-state index >= 15 is 0 Å². The van der Waals surface area contributed by atoms with Crippen LogP contribution in [0.4, 0.5) is 11.6 Å². The van der Waals surface area contributed by atoms with Gasteiger partial charge in [0, 0.05) is 12.6 Å².